The number of fused-ring (bicyclic) bond motifs is 2. The van der Waals surface area contributed by atoms with Gasteiger partial charge in [0.05, 0.1) is 11.0 Å². The standard InChI is InChI=1S/C29H28BrN7O/c1-16(2)28-35-24-23(30)15-36(13-17-3-7-20(8-4-17)26(31)32)29(38)25(24)37(28)14-18-5-6-19-9-10-21(27(33)34)12-22(19)11-18/h3-12,15-16H,13-14H2,1-2H3,(H3,31,32)(H3,33,34). The van der Waals surface area contributed by atoms with Crippen LogP contribution in [0.4, 0.5) is 0 Å². The molecule has 0 fully saturated rings. The SMILES string of the molecule is CC(C)c1nc2c(Br)cn(Cc3ccc(C(=N)N)cc3)c(=O)c2n1Cc1ccc2ccc(C(=N)N)cc2c1. The molecular formula is C29H28BrN7O. The molecule has 2 heterocycles. The van der Waals surface area contributed by atoms with Crippen LogP contribution in [0.2, 0.25) is 0 Å². The number of nitrogen functional groups attached to an aromatic ring is 2. The van der Waals surface area contributed by atoms with Gasteiger partial charge in [0, 0.05) is 29.8 Å². The van der Waals surface area contributed by atoms with Crippen molar-refractivity contribution in [3.8, 4) is 0 Å². The van der Waals surface area contributed by atoms with Gasteiger partial charge in [0.25, 0.3) is 5.56 Å². The minimum absolute atomic E-state index is 0.00852. The maximum Gasteiger partial charge on any atom is 0.277 e. The van der Waals surface area contributed by atoms with Crippen molar-refractivity contribution in [3.63, 3.8) is 0 Å². The van der Waals surface area contributed by atoms with Crippen molar-refractivity contribution in [1.82, 2.24) is 14.1 Å². The van der Waals surface area contributed by atoms with Crippen LogP contribution in [0.5, 0.6) is 0 Å². The number of nitrogens with one attached hydrogen (secondary N) is 2. The first-order valence-electron chi connectivity index (χ1n) is 12.2. The van der Waals surface area contributed by atoms with Crippen LogP contribution in [0.25, 0.3) is 21.8 Å². The number of pyridine rings is 1. The minimum Gasteiger partial charge on any atom is -0.384 e. The number of rotatable bonds is 7. The van der Waals surface area contributed by atoms with E-state index in [0.29, 0.717) is 35.2 Å². The zero-order chi connectivity index (χ0) is 27.1. The fourth-order valence-electron chi connectivity index (χ4n) is 4.70. The summed E-state index contributed by atoms with van der Waals surface area (Å²) in [4.78, 5) is 18.7. The molecule has 0 saturated carbocycles. The number of hydrogen-bond donors (Lipinski definition) is 4. The molecule has 0 unspecified atom stereocenters. The van der Waals surface area contributed by atoms with E-state index in [4.69, 9.17) is 27.3 Å². The van der Waals surface area contributed by atoms with Crippen molar-refractivity contribution in [2.75, 3.05) is 0 Å². The number of imidazole rings is 1. The smallest absolute Gasteiger partial charge is 0.277 e. The summed E-state index contributed by atoms with van der Waals surface area (Å²) in [6.45, 7) is 4.99. The summed E-state index contributed by atoms with van der Waals surface area (Å²) in [5, 5.41) is 17.4. The second-order valence-electron chi connectivity index (χ2n) is 9.74. The Kier molecular flexibility index (Phi) is 6.62. The van der Waals surface area contributed by atoms with Gasteiger partial charge >= 0.3 is 0 Å². The summed E-state index contributed by atoms with van der Waals surface area (Å²) in [6, 6.07) is 19.2. The number of benzene rings is 3. The van der Waals surface area contributed by atoms with Gasteiger partial charge in [-0.1, -0.05) is 62.4 Å². The number of halogens is 1. The van der Waals surface area contributed by atoms with Crippen molar-refractivity contribution < 1.29 is 0 Å². The molecular weight excluding hydrogens is 542 g/mol. The summed E-state index contributed by atoms with van der Waals surface area (Å²) in [6.07, 6.45) is 1.78. The lowest BCUT2D eigenvalue weighted by Gasteiger charge is -2.13. The first kappa shape index (κ1) is 25.4. The first-order valence-corrected chi connectivity index (χ1v) is 13.0. The molecule has 0 aliphatic carbocycles. The molecule has 0 spiro atoms. The predicted molar refractivity (Wildman–Crippen MR) is 156 cm³/mol. The van der Waals surface area contributed by atoms with Gasteiger partial charge in [-0.25, -0.2) is 4.98 Å². The maximum absolute atomic E-state index is 13.8. The molecule has 0 bridgehead atoms. The summed E-state index contributed by atoms with van der Waals surface area (Å²) >= 11 is 3.65. The molecule has 0 atom stereocenters. The molecule has 2 aromatic heterocycles. The lowest BCUT2D eigenvalue weighted by Crippen LogP contribution is -2.23. The monoisotopic (exact) mass is 569 g/mol. The van der Waals surface area contributed by atoms with Crippen molar-refractivity contribution >= 4 is 49.4 Å². The molecule has 0 amide bonds. The zero-order valence-corrected chi connectivity index (χ0v) is 22.7. The molecule has 9 heteroatoms. The highest BCUT2D eigenvalue weighted by atomic mass is 79.9. The highest BCUT2D eigenvalue weighted by molar-refractivity contribution is 9.10. The third kappa shape index (κ3) is 4.72. The Bertz CT molecular complexity index is 1780. The Balaban J connectivity index is 1.61. The molecule has 8 nitrogen and oxygen atoms in total. The van der Waals surface area contributed by atoms with Crippen LogP contribution in [0.1, 0.15) is 47.8 Å². The molecule has 38 heavy (non-hydrogen) atoms. The Morgan fingerprint density at radius 3 is 2.18 bits per heavy atom. The third-order valence-corrected chi connectivity index (χ3v) is 7.23. The van der Waals surface area contributed by atoms with Gasteiger partial charge < -0.3 is 20.6 Å². The van der Waals surface area contributed by atoms with E-state index in [1.807, 2.05) is 41.0 Å². The van der Waals surface area contributed by atoms with E-state index in [-0.39, 0.29) is 23.1 Å². The van der Waals surface area contributed by atoms with Crippen molar-refractivity contribution in [2.45, 2.75) is 32.9 Å². The fourth-order valence-corrected chi connectivity index (χ4v) is 5.22. The summed E-state index contributed by atoms with van der Waals surface area (Å²) in [7, 11) is 0. The van der Waals surface area contributed by atoms with E-state index < -0.39 is 0 Å². The van der Waals surface area contributed by atoms with E-state index in [1.165, 1.54) is 0 Å². The van der Waals surface area contributed by atoms with Gasteiger partial charge in [-0.3, -0.25) is 15.6 Å². The van der Waals surface area contributed by atoms with Gasteiger partial charge in [-0.2, -0.15) is 0 Å². The highest BCUT2D eigenvalue weighted by Crippen LogP contribution is 2.27. The normalized spacial score (nSPS) is 11.5. The van der Waals surface area contributed by atoms with E-state index >= 15 is 0 Å². The topological polar surface area (TPSA) is 140 Å². The summed E-state index contributed by atoms with van der Waals surface area (Å²) in [5.74, 6) is 0.973. The molecule has 0 aliphatic heterocycles. The lowest BCUT2D eigenvalue weighted by atomic mass is 10.0. The van der Waals surface area contributed by atoms with Crippen LogP contribution in [0.15, 0.2) is 76.1 Å². The molecule has 6 N–H and O–H groups in total. The maximum atomic E-state index is 13.8. The molecule has 0 radical (unpaired) electrons. The Labute approximate surface area is 228 Å². The van der Waals surface area contributed by atoms with Crippen LogP contribution in [-0.4, -0.2) is 25.8 Å². The molecule has 0 saturated heterocycles. The molecule has 5 rings (SSSR count). The van der Waals surface area contributed by atoms with E-state index in [1.54, 1.807) is 22.9 Å². The average molecular weight is 570 g/mol. The average Bonchev–Trinajstić information content (AvgIpc) is 3.27. The van der Waals surface area contributed by atoms with E-state index in [0.717, 1.165) is 32.2 Å². The number of hydrogen-bond acceptors (Lipinski definition) is 4. The second-order valence-corrected chi connectivity index (χ2v) is 10.6. The largest absolute Gasteiger partial charge is 0.384 e. The van der Waals surface area contributed by atoms with Crippen molar-refractivity contribution in [1.29, 1.82) is 10.8 Å². The van der Waals surface area contributed by atoms with Gasteiger partial charge in [-0.05, 0) is 50.0 Å². The fraction of sp³-hybridized carbons (Fsp3) is 0.172. The van der Waals surface area contributed by atoms with Gasteiger partial charge in [0.1, 0.15) is 28.5 Å². The summed E-state index contributed by atoms with van der Waals surface area (Å²) in [5.41, 5.74) is 15.6. The third-order valence-electron chi connectivity index (χ3n) is 6.65. The van der Waals surface area contributed by atoms with Crippen LogP contribution < -0.4 is 17.0 Å². The van der Waals surface area contributed by atoms with E-state index in [9.17, 15) is 4.79 Å². The second kappa shape index (κ2) is 9.90. The highest BCUT2D eigenvalue weighted by Gasteiger charge is 2.20. The van der Waals surface area contributed by atoms with Crippen molar-refractivity contribution in [3.05, 3.63) is 110 Å². The zero-order valence-electron chi connectivity index (χ0n) is 21.1. The Hall–Kier alpha value is -4.24. The molecule has 0 aliphatic rings. The van der Waals surface area contributed by atoms with Crippen LogP contribution >= 0.6 is 15.9 Å². The quantitative estimate of drug-likeness (QED) is 0.163. The minimum atomic E-state index is -0.127. The lowest BCUT2D eigenvalue weighted by molar-refractivity contribution is 0.677. The number of aromatic nitrogens is 3. The Morgan fingerprint density at radius 2 is 1.53 bits per heavy atom. The molecule has 192 valence electrons. The number of nitrogens with zero attached hydrogens (tertiary/aromatic N) is 3. The van der Waals surface area contributed by atoms with E-state index in [2.05, 4.69) is 41.9 Å². The van der Waals surface area contributed by atoms with Crippen molar-refractivity contribution in [2.24, 2.45) is 11.5 Å². The van der Waals surface area contributed by atoms with Crippen LogP contribution in [-0.2, 0) is 13.1 Å². The molecule has 5 aromatic rings. The summed E-state index contributed by atoms with van der Waals surface area (Å²) < 4.78 is 4.44. The number of nitrogens with two attached hydrogens (primary N) is 2. The molecule has 3 aromatic carbocycles. The number of amidine groups is 2. The van der Waals surface area contributed by atoms with Crippen LogP contribution in [0, 0.1) is 10.8 Å². The van der Waals surface area contributed by atoms with Crippen LogP contribution in [0.3, 0.4) is 0 Å². The van der Waals surface area contributed by atoms with Gasteiger partial charge in [0.2, 0.25) is 0 Å². The predicted octanol–water partition coefficient (Wildman–Crippen LogP) is 4.90. The van der Waals surface area contributed by atoms with Gasteiger partial charge in [-0.15, -0.1) is 0 Å². The van der Waals surface area contributed by atoms with Gasteiger partial charge in [0.15, 0.2) is 0 Å². The Morgan fingerprint density at radius 1 is 0.895 bits per heavy atom. The first-order chi connectivity index (χ1) is 18.1.